The SMILES string of the molecule is CCCCCCCCCC(CBr)Cc1ccccc1. The summed E-state index contributed by atoms with van der Waals surface area (Å²) in [7, 11) is 0. The van der Waals surface area contributed by atoms with Crippen molar-refractivity contribution in [1.29, 1.82) is 0 Å². The van der Waals surface area contributed by atoms with Crippen molar-refractivity contribution >= 4 is 15.9 Å². The summed E-state index contributed by atoms with van der Waals surface area (Å²) >= 11 is 3.68. The summed E-state index contributed by atoms with van der Waals surface area (Å²) in [6, 6.07) is 10.9. The third kappa shape index (κ3) is 8.47. The Morgan fingerprint density at radius 3 is 2.16 bits per heavy atom. The Morgan fingerprint density at radius 2 is 1.53 bits per heavy atom. The van der Waals surface area contributed by atoms with E-state index in [1.54, 1.807) is 0 Å². The maximum Gasteiger partial charge on any atom is 0.00628 e. The molecule has 0 radical (unpaired) electrons. The van der Waals surface area contributed by atoms with Crippen LogP contribution in [0.3, 0.4) is 0 Å². The third-order valence-electron chi connectivity index (χ3n) is 3.80. The van der Waals surface area contributed by atoms with Crippen molar-refractivity contribution in [3.05, 3.63) is 35.9 Å². The van der Waals surface area contributed by atoms with Crippen molar-refractivity contribution in [2.24, 2.45) is 5.92 Å². The fourth-order valence-corrected chi connectivity index (χ4v) is 3.12. The van der Waals surface area contributed by atoms with Crippen molar-refractivity contribution in [2.45, 2.75) is 64.7 Å². The van der Waals surface area contributed by atoms with Gasteiger partial charge < -0.3 is 0 Å². The highest BCUT2D eigenvalue weighted by Gasteiger charge is 2.07. The largest absolute Gasteiger partial charge is 0.0925 e. The quantitative estimate of drug-likeness (QED) is 0.327. The number of hydrogen-bond donors (Lipinski definition) is 0. The monoisotopic (exact) mass is 324 g/mol. The average molecular weight is 325 g/mol. The zero-order valence-corrected chi connectivity index (χ0v) is 14.0. The van der Waals surface area contributed by atoms with Gasteiger partial charge in [-0.15, -0.1) is 0 Å². The van der Waals surface area contributed by atoms with E-state index < -0.39 is 0 Å². The Hall–Kier alpha value is -0.300. The molecule has 0 aliphatic heterocycles. The maximum atomic E-state index is 3.68. The van der Waals surface area contributed by atoms with Gasteiger partial charge >= 0.3 is 0 Å². The van der Waals surface area contributed by atoms with E-state index in [0.29, 0.717) is 0 Å². The fourth-order valence-electron chi connectivity index (χ4n) is 2.57. The second-order valence-electron chi connectivity index (χ2n) is 5.62. The van der Waals surface area contributed by atoms with E-state index in [1.165, 1.54) is 63.4 Å². The maximum absolute atomic E-state index is 3.68. The van der Waals surface area contributed by atoms with Gasteiger partial charge in [-0.1, -0.05) is 98.1 Å². The molecule has 0 heterocycles. The molecule has 1 rings (SSSR count). The van der Waals surface area contributed by atoms with Gasteiger partial charge in [-0.25, -0.2) is 0 Å². The lowest BCUT2D eigenvalue weighted by molar-refractivity contribution is 0.487. The summed E-state index contributed by atoms with van der Waals surface area (Å²) < 4.78 is 0. The van der Waals surface area contributed by atoms with Gasteiger partial charge in [0.2, 0.25) is 0 Å². The fraction of sp³-hybridized carbons (Fsp3) is 0.667. The van der Waals surface area contributed by atoms with Gasteiger partial charge in [-0.2, -0.15) is 0 Å². The number of unbranched alkanes of at least 4 members (excludes halogenated alkanes) is 6. The summed E-state index contributed by atoms with van der Waals surface area (Å²) in [4.78, 5) is 0. The second kappa shape index (κ2) is 11.5. The predicted octanol–water partition coefficient (Wildman–Crippen LogP) is 6.38. The Labute approximate surface area is 128 Å². The molecule has 1 atom stereocenters. The van der Waals surface area contributed by atoms with Crippen molar-refractivity contribution in [1.82, 2.24) is 0 Å². The standard InChI is InChI=1S/C18H29Br/c1-2-3-4-5-6-7-9-14-18(16-19)15-17-12-10-8-11-13-17/h8,10-13,18H,2-7,9,14-16H2,1H3. The molecule has 1 heteroatoms. The van der Waals surface area contributed by atoms with Gasteiger partial charge in [-0.3, -0.25) is 0 Å². The van der Waals surface area contributed by atoms with Gasteiger partial charge in [0, 0.05) is 5.33 Å². The van der Waals surface area contributed by atoms with Crippen LogP contribution in [0.4, 0.5) is 0 Å². The Bertz CT molecular complexity index is 294. The zero-order valence-electron chi connectivity index (χ0n) is 12.4. The molecule has 0 aromatic heterocycles. The summed E-state index contributed by atoms with van der Waals surface area (Å²) in [5, 5.41) is 1.14. The number of halogens is 1. The van der Waals surface area contributed by atoms with Gasteiger partial charge in [0.05, 0.1) is 0 Å². The Morgan fingerprint density at radius 1 is 0.895 bits per heavy atom. The number of alkyl halides is 1. The van der Waals surface area contributed by atoms with Crippen molar-refractivity contribution in [3.63, 3.8) is 0 Å². The van der Waals surface area contributed by atoms with E-state index >= 15 is 0 Å². The van der Waals surface area contributed by atoms with E-state index in [-0.39, 0.29) is 0 Å². The molecule has 1 aromatic carbocycles. The molecule has 0 aliphatic rings. The van der Waals surface area contributed by atoms with Crippen LogP contribution < -0.4 is 0 Å². The van der Waals surface area contributed by atoms with Crippen LogP contribution in [-0.4, -0.2) is 5.33 Å². The Kier molecular flexibility index (Phi) is 10.2. The smallest absolute Gasteiger partial charge is 0.00628 e. The molecule has 0 saturated carbocycles. The lowest BCUT2D eigenvalue weighted by Crippen LogP contribution is -2.06. The second-order valence-corrected chi connectivity index (χ2v) is 6.27. The molecule has 0 nitrogen and oxygen atoms in total. The first kappa shape index (κ1) is 16.8. The molecule has 1 unspecified atom stereocenters. The molecule has 0 saturated heterocycles. The summed E-state index contributed by atoms with van der Waals surface area (Å²) in [5.74, 6) is 0.804. The lowest BCUT2D eigenvalue weighted by Gasteiger charge is -2.14. The molecule has 1 aromatic rings. The topological polar surface area (TPSA) is 0 Å². The highest BCUT2D eigenvalue weighted by atomic mass is 79.9. The predicted molar refractivity (Wildman–Crippen MR) is 90.0 cm³/mol. The van der Waals surface area contributed by atoms with E-state index in [1.807, 2.05) is 0 Å². The van der Waals surface area contributed by atoms with Crippen LogP contribution in [0.1, 0.15) is 63.9 Å². The summed E-state index contributed by atoms with van der Waals surface area (Å²) in [6.45, 7) is 2.28. The molecule has 108 valence electrons. The molecule has 0 fully saturated rings. The van der Waals surface area contributed by atoms with Crippen LogP contribution in [0.5, 0.6) is 0 Å². The lowest BCUT2D eigenvalue weighted by atomic mass is 9.95. The summed E-state index contributed by atoms with van der Waals surface area (Å²) in [6.07, 6.45) is 12.5. The Balaban J connectivity index is 2.09. The highest BCUT2D eigenvalue weighted by Crippen LogP contribution is 2.19. The van der Waals surface area contributed by atoms with Crippen molar-refractivity contribution in [3.8, 4) is 0 Å². The van der Waals surface area contributed by atoms with E-state index in [4.69, 9.17) is 0 Å². The average Bonchev–Trinajstić information content (AvgIpc) is 2.46. The van der Waals surface area contributed by atoms with Crippen LogP contribution in [0.25, 0.3) is 0 Å². The van der Waals surface area contributed by atoms with Gasteiger partial charge in [0.15, 0.2) is 0 Å². The molecule has 0 bridgehead atoms. The number of hydrogen-bond acceptors (Lipinski definition) is 0. The summed E-state index contributed by atoms with van der Waals surface area (Å²) in [5.41, 5.74) is 1.48. The van der Waals surface area contributed by atoms with Crippen LogP contribution in [0.2, 0.25) is 0 Å². The minimum Gasteiger partial charge on any atom is -0.0925 e. The minimum absolute atomic E-state index is 0.804. The molecular formula is C18H29Br. The number of rotatable bonds is 11. The first-order valence-electron chi connectivity index (χ1n) is 7.96. The molecular weight excluding hydrogens is 296 g/mol. The van der Waals surface area contributed by atoms with Crippen molar-refractivity contribution in [2.75, 3.05) is 5.33 Å². The molecule has 0 amide bonds. The third-order valence-corrected chi connectivity index (χ3v) is 4.72. The minimum atomic E-state index is 0.804. The van der Waals surface area contributed by atoms with Crippen LogP contribution >= 0.6 is 15.9 Å². The first-order chi connectivity index (χ1) is 9.36. The first-order valence-corrected chi connectivity index (χ1v) is 9.08. The van der Waals surface area contributed by atoms with E-state index in [2.05, 4.69) is 53.2 Å². The van der Waals surface area contributed by atoms with Gasteiger partial charge in [0.25, 0.3) is 0 Å². The highest BCUT2D eigenvalue weighted by molar-refractivity contribution is 9.09. The normalized spacial score (nSPS) is 12.5. The van der Waals surface area contributed by atoms with E-state index in [0.717, 1.165) is 11.2 Å². The van der Waals surface area contributed by atoms with Crippen LogP contribution in [0.15, 0.2) is 30.3 Å². The van der Waals surface area contributed by atoms with Gasteiger partial charge in [-0.05, 0) is 24.3 Å². The van der Waals surface area contributed by atoms with Crippen molar-refractivity contribution < 1.29 is 0 Å². The van der Waals surface area contributed by atoms with Crippen LogP contribution in [-0.2, 0) is 6.42 Å². The van der Waals surface area contributed by atoms with Gasteiger partial charge in [0.1, 0.15) is 0 Å². The molecule has 0 spiro atoms. The molecule has 0 N–H and O–H groups in total. The number of benzene rings is 1. The van der Waals surface area contributed by atoms with E-state index in [9.17, 15) is 0 Å². The molecule has 19 heavy (non-hydrogen) atoms. The molecule has 0 aliphatic carbocycles. The van der Waals surface area contributed by atoms with Crippen LogP contribution in [0, 0.1) is 5.92 Å². The zero-order chi connectivity index (χ0) is 13.8.